The summed E-state index contributed by atoms with van der Waals surface area (Å²) in [6, 6.07) is 8.95. The van der Waals surface area contributed by atoms with Gasteiger partial charge in [-0.1, -0.05) is 170 Å². The largest absolute Gasteiger partial charge is 0.373 e. The lowest BCUT2D eigenvalue weighted by atomic mass is 9.75. The first-order valence-electron chi connectivity index (χ1n) is 18.9. The zero-order valence-corrected chi connectivity index (χ0v) is 33.6. The van der Waals surface area contributed by atoms with E-state index in [9.17, 15) is 0 Å². The van der Waals surface area contributed by atoms with E-state index in [4.69, 9.17) is 0 Å². The van der Waals surface area contributed by atoms with Crippen LogP contribution in [0, 0.1) is 11.3 Å². The Morgan fingerprint density at radius 2 is 1.31 bits per heavy atom. The molecule has 0 amide bonds. The topological polar surface area (TPSA) is 3.24 Å². The molecular formula is C44H83N. The number of fused-ring (bicyclic) bond motifs is 1. The van der Waals surface area contributed by atoms with Crippen LogP contribution in [0.4, 0.5) is 5.69 Å². The monoisotopic (exact) mass is 626 g/mol. The van der Waals surface area contributed by atoms with Crippen molar-refractivity contribution in [2.75, 3.05) is 18.5 Å². The third-order valence-electron chi connectivity index (χ3n) is 7.53. The van der Waals surface area contributed by atoms with E-state index in [1.54, 1.807) is 5.56 Å². The van der Waals surface area contributed by atoms with Crippen LogP contribution in [0.2, 0.25) is 0 Å². The van der Waals surface area contributed by atoms with E-state index in [1.807, 2.05) is 69.2 Å². The first-order valence-corrected chi connectivity index (χ1v) is 18.9. The molecule has 0 N–H and O–H groups in total. The van der Waals surface area contributed by atoms with Crippen molar-refractivity contribution in [3.8, 4) is 0 Å². The highest BCUT2D eigenvalue weighted by Crippen LogP contribution is 2.55. The number of benzene rings is 1. The Bertz CT molecular complexity index is 802. The van der Waals surface area contributed by atoms with Crippen molar-refractivity contribution < 1.29 is 0 Å². The molecule has 4 rings (SSSR count). The Hall–Kier alpha value is -2.28. The van der Waals surface area contributed by atoms with E-state index >= 15 is 0 Å². The summed E-state index contributed by atoms with van der Waals surface area (Å²) in [5, 5.41) is 0. The van der Waals surface area contributed by atoms with Crippen molar-refractivity contribution in [3.05, 3.63) is 92.1 Å². The number of likely N-dealkylation sites (N-methyl/N-ethyl adjacent to an activating group) is 1. The van der Waals surface area contributed by atoms with E-state index < -0.39 is 0 Å². The number of rotatable bonds is 8. The van der Waals surface area contributed by atoms with Gasteiger partial charge in [-0.15, -0.1) is 19.7 Å². The molecule has 0 spiro atoms. The summed E-state index contributed by atoms with van der Waals surface area (Å²) in [7, 11) is 2.23. The molecule has 1 unspecified atom stereocenters. The van der Waals surface area contributed by atoms with Crippen LogP contribution >= 0.6 is 0 Å². The van der Waals surface area contributed by atoms with E-state index in [2.05, 4.69) is 126 Å². The number of para-hydroxylation sites is 1. The second-order valence-corrected chi connectivity index (χ2v) is 10.1. The molecule has 0 radical (unpaired) electrons. The number of anilines is 1. The Morgan fingerprint density at radius 3 is 1.67 bits per heavy atom. The minimum atomic E-state index is 0.425. The average Bonchev–Trinajstić information content (AvgIpc) is 3.90. The zero-order valence-electron chi connectivity index (χ0n) is 33.6. The Labute approximate surface area is 287 Å². The predicted molar refractivity (Wildman–Crippen MR) is 217 cm³/mol. The normalized spacial score (nSPS) is 16.2. The zero-order chi connectivity index (χ0) is 36.2. The van der Waals surface area contributed by atoms with Gasteiger partial charge in [-0.05, 0) is 68.4 Å². The molecule has 0 bridgehead atoms. The molecule has 264 valence electrons. The number of unbranched alkanes of at least 4 members (excludes halogenated alkanes) is 1. The summed E-state index contributed by atoms with van der Waals surface area (Å²) in [6.45, 7) is 40.0. The molecule has 1 heteroatoms. The maximum absolute atomic E-state index is 3.91. The lowest BCUT2D eigenvalue weighted by Crippen LogP contribution is -2.31. The number of allylic oxidation sites excluding steroid dienone is 7. The molecule has 1 aromatic rings. The summed E-state index contributed by atoms with van der Waals surface area (Å²) in [6.07, 6.45) is 26.9. The molecule has 2 aliphatic carbocycles. The van der Waals surface area contributed by atoms with E-state index in [0.717, 1.165) is 5.92 Å². The first kappa shape index (κ1) is 52.3. The number of hydrogen-bond acceptors (Lipinski definition) is 1. The smallest absolute Gasteiger partial charge is 0.0402 e. The van der Waals surface area contributed by atoms with Crippen molar-refractivity contribution in [2.24, 2.45) is 11.3 Å². The molecule has 1 saturated carbocycles. The maximum Gasteiger partial charge on any atom is 0.0402 e. The molecule has 0 saturated heterocycles. The molecular weight excluding hydrogens is 542 g/mol. The molecule has 1 atom stereocenters. The number of hydrogen-bond donors (Lipinski definition) is 0. The molecule has 1 nitrogen and oxygen atoms in total. The quantitative estimate of drug-likeness (QED) is 0.260. The van der Waals surface area contributed by atoms with Gasteiger partial charge in [0.15, 0.2) is 0 Å². The van der Waals surface area contributed by atoms with E-state index in [1.165, 1.54) is 70.0 Å². The third-order valence-corrected chi connectivity index (χ3v) is 7.53. The summed E-state index contributed by atoms with van der Waals surface area (Å²) < 4.78 is 0. The highest BCUT2D eigenvalue weighted by Gasteiger charge is 2.45. The van der Waals surface area contributed by atoms with Crippen molar-refractivity contribution in [1.82, 2.24) is 0 Å². The first-order chi connectivity index (χ1) is 22.0. The van der Waals surface area contributed by atoms with Crippen molar-refractivity contribution in [1.29, 1.82) is 0 Å². The summed E-state index contributed by atoms with van der Waals surface area (Å²) in [5.41, 5.74) is 3.95. The minimum absolute atomic E-state index is 0.425. The maximum atomic E-state index is 3.91. The molecule has 1 aromatic carbocycles. The Kier molecular flexibility index (Phi) is 44.0. The van der Waals surface area contributed by atoms with E-state index in [0.29, 0.717) is 10.8 Å². The second kappa shape index (κ2) is 37.9. The molecule has 1 fully saturated rings. The fraction of sp³-hybridized carbons (Fsp3) is 0.636. The highest BCUT2D eigenvalue weighted by molar-refractivity contribution is 5.62. The van der Waals surface area contributed by atoms with Gasteiger partial charge in [-0.3, -0.25) is 0 Å². The molecule has 3 aliphatic rings. The molecule has 1 heterocycles. The van der Waals surface area contributed by atoms with Gasteiger partial charge in [-0.2, -0.15) is 0 Å². The van der Waals surface area contributed by atoms with Crippen LogP contribution in [-0.4, -0.2) is 13.6 Å². The van der Waals surface area contributed by atoms with Gasteiger partial charge in [0, 0.05) is 24.7 Å². The van der Waals surface area contributed by atoms with Crippen LogP contribution in [0.15, 0.2) is 86.5 Å². The average molecular weight is 626 g/mol. The molecule has 1 aliphatic heterocycles. The van der Waals surface area contributed by atoms with Gasteiger partial charge < -0.3 is 4.90 Å². The Balaban J connectivity index is -0.000000161. The van der Waals surface area contributed by atoms with Crippen LogP contribution in [0.25, 0.3) is 0 Å². The lowest BCUT2D eigenvalue weighted by Gasteiger charge is -2.29. The van der Waals surface area contributed by atoms with Gasteiger partial charge in [-0.25, -0.2) is 0 Å². The highest BCUT2D eigenvalue weighted by atomic mass is 15.1. The SMILES string of the molecule is C/C=C\CCC.C=C.C=CC1(C2C=CC=CC2)CC1.CC.CC.CC.CC.CC.CCCC1(CCC)CN(C)c2ccccc21. The van der Waals surface area contributed by atoms with Crippen LogP contribution in [0.5, 0.6) is 0 Å². The van der Waals surface area contributed by atoms with Gasteiger partial charge in [0.1, 0.15) is 0 Å². The minimum Gasteiger partial charge on any atom is -0.373 e. The Morgan fingerprint density at radius 1 is 0.800 bits per heavy atom. The van der Waals surface area contributed by atoms with Crippen LogP contribution in [0.3, 0.4) is 0 Å². The van der Waals surface area contributed by atoms with Crippen molar-refractivity contribution in [3.63, 3.8) is 0 Å². The van der Waals surface area contributed by atoms with Crippen LogP contribution in [-0.2, 0) is 5.41 Å². The summed E-state index contributed by atoms with van der Waals surface area (Å²) in [4.78, 5) is 2.43. The molecule has 45 heavy (non-hydrogen) atoms. The second-order valence-electron chi connectivity index (χ2n) is 10.1. The van der Waals surface area contributed by atoms with E-state index in [-0.39, 0.29) is 0 Å². The van der Waals surface area contributed by atoms with Gasteiger partial charge in [0.2, 0.25) is 0 Å². The standard InChI is InChI=1S/C15H23N.C11H14.C6H12.5C2H6.C2H4/c1-4-10-15(11-5-2)12-16(3)14-9-7-6-8-13(14)15;1-2-11(8-9-11)10-6-4-3-5-7-10;1-3-5-6-4-2;6*1-2/h6-9H,4-5,10-12H2,1-3H3;2-6,10H,1,7-9H2;3,5H,4,6H2,1-2H3;5*1-2H3;1-2H2/b;;5-3-;;;;;;. The number of nitrogens with zero attached hydrogens (tertiary/aromatic N) is 1. The van der Waals surface area contributed by atoms with Gasteiger partial charge in [0.25, 0.3) is 0 Å². The lowest BCUT2D eigenvalue weighted by molar-refractivity contribution is 0.381. The van der Waals surface area contributed by atoms with Crippen molar-refractivity contribution >= 4 is 5.69 Å². The van der Waals surface area contributed by atoms with Crippen LogP contribution in [0.1, 0.15) is 160 Å². The summed E-state index contributed by atoms with van der Waals surface area (Å²) >= 11 is 0. The summed E-state index contributed by atoms with van der Waals surface area (Å²) in [5.74, 6) is 0.741. The van der Waals surface area contributed by atoms with Crippen molar-refractivity contribution in [2.45, 2.75) is 160 Å². The molecule has 0 aromatic heterocycles. The van der Waals surface area contributed by atoms with Crippen LogP contribution < -0.4 is 4.90 Å². The third kappa shape index (κ3) is 20.5. The van der Waals surface area contributed by atoms with Gasteiger partial charge in [0.05, 0.1) is 0 Å². The van der Waals surface area contributed by atoms with Gasteiger partial charge >= 0.3 is 0 Å². The fourth-order valence-electron chi connectivity index (χ4n) is 5.60. The fourth-order valence-corrected chi connectivity index (χ4v) is 5.60. The predicted octanol–water partition coefficient (Wildman–Crippen LogP) is 15.4.